The molecular formula is C15H15N3O5. The minimum atomic E-state index is -0.926. The lowest BCUT2D eigenvalue weighted by Gasteiger charge is -2.17. The van der Waals surface area contributed by atoms with Gasteiger partial charge in [0.05, 0.1) is 18.7 Å². The molecule has 1 aromatic heterocycles. The van der Waals surface area contributed by atoms with Crippen LogP contribution >= 0.6 is 0 Å². The van der Waals surface area contributed by atoms with E-state index in [1.54, 1.807) is 6.92 Å². The maximum atomic E-state index is 12.8. The number of nitrogens with one attached hydrogen (secondary N) is 1. The first-order valence-corrected chi connectivity index (χ1v) is 7.23. The summed E-state index contributed by atoms with van der Waals surface area (Å²) in [6.45, 7) is 2.06. The molecule has 0 bridgehead atoms. The highest BCUT2D eigenvalue weighted by atomic mass is 16.5. The molecule has 8 nitrogen and oxygen atoms in total. The Balaban J connectivity index is 1.91. The van der Waals surface area contributed by atoms with E-state index in [0.29, 0.717) is 23.4 Å². The lowest BCUT2D eigenvalue weighted by molar-refractivity contribution is 0.0899. The first-order chi connectivity index (χ1) is 11.0. The molecule has 8 heteroatoms. The maximum Gasteiger partial charge on any atom is 0.404 e. The number of hydrogen-bond acceptors (Lipinski definition) is 6. The average molecular weight is 317 g/mol. The Labute approximate surface area is 131 Å². The number of amides is 1. The number of methoxy groups -OCH3 is 1. The second-order valence-corrected chi connectivity index (χ2v) is 5.87. The lowest BCUT2D eigenvalue weighted by atomic mass is 9.91. The summed E-state index contributed by atoms with van der Waals surface area (Å²) in [5.41, 5.74) is 7.33. The highest BCUT2D eigenvalue weighted by molar-refractivity contribution is 6.26. The molecule has 3 heterocycles. The van der Waals surface area contributed by atoms with E-state index in [-0.39, 0.29) is 41.6 Å². The van der Waals surface area contributed by atoms with Gasteiger partial charge in [-0.1, -0.05) is 0 Å². The van der Waals surface area contributed by atoms with Gasteiger partial charge in [0, 0.05) is 29.4 Å². The predicted molar refractivity (Wildman–Crippen MR) is 76.8 cm³/mol. The van der Waals surface area contributed by atoms with Gasteiger partial charge in [0.2, 0.25) is 11.6 Å². The van der Waals surface area contributed by atoms with E-state index < -0.39 is 6.09 Å². The topological polar surface area (TPSA) is 123 Å². The lowest BCUT2D eigenvalue weighted by Crippen LogP contribution is -2.25. The largest absolute Gasteiger partial charge is 0.492 e. The van der Waals surface area contributed by atoms with E-state index in [9.17, 15) is 14.4 Å². The summed E-state index contributed by atoms with van der Waals surface area (Å²) >= 11 is 0. The first kappa shape index (κ1) is 14.0. The van der Waals surface area contributed by atoms with Crippen LogP contribution in [0.4, 0.5) is 4.79 Å². The van der Waals surface area contributed by atoms with Crippen LogP contribution in [0.3, 0.4) is 0 Å². The van der Waals surface area contributed by atoms with Crippen LogP contribution in [0, 0.1) is 0 Å². The molecule has 1 fully saturated rings. The molecule has 4 rings (SSSR count). The number of Topliss-reactive ketones (excluding diaryl/α,β-unsaturated/α-hetero) is 2. The van der Waals surface area contributed by atoms with Gasteiger partial charge in [-0.05, 0) is 6.92 Å². The van der Waals surface area contributed by atoms with Crippen molar-refractivity contribution < 1.29 is 23.9 Å². The van der Waals surface area contributed by atoms with Crippen LogP contribution in [0.1, 0.15) is 45.1 Å². The number of fused-ring (bicyclic) bond motifs is 5. The van der Waals surface area contributed by atoms with Crippen molar-refractivity contribution >= 4 is 17.7 Å². The highest BCUT2D eigenvalue weighted by Crippen LogP contribution is 2.46. The standard InChI is InChI=1S/C15H15N3O5/c1-5-12(19)11-8(13(20)14(5)22-2)6(4-23-15(16)21)10-9-7(17-9)3-18(10)11/h7,9,17H,3-4H2,1-2H3,(H2,16,21)/t7-,9-/m0/s1. The van der Waals surface area contributed by atoms with Crippen LogP contribution < -0.4 is 11.1 Å². The van der Waals surface area contributed by atoms with Crippen molar-refractivity contribution in [1.29, 1.82) is 0 Å². The number of aromatic nitrogens is 1. The van der Waals surface area contributed by atoms with Gasteiger partial charge in [0.15, 0.2) is 5.76 Å². The van der Waals surface area contributed by atoms with Crippen molar-refractivity contribution in [2.24, 2.45) is 5.73 Å². The summed E-state index contributed by atoms with van der Waals surface area (Å²) in [6, 6.07) is 0.345. The first-order valence-electron chi connectivity index (χ1n) is 7.23. The zero-order valence-corrected chi connectivity index (χ0v) is 12.6. The molecule has 1 aliphatic carbocycles. The van der Waals surface area contributed by atoms with Crippen molar-refractivity contribution in [3.8, 4) is 0 Å². The zero-order chi connectivity index (χ0) is 16.5. The molecule has 0 unspecified atom stereocenters. The number of allylic oxidation sites excluding steroid dienone is 2. The van der Waals surface area contributed by atoms with Crippen LogP contribution in [0.5, 0.6) is 0 Å². The number of primary amides is 1. The van der Waals surface area contributed by atoms with Gasteiger partial charge in [-0.2, -0.15) is 0 Å². The third kappa shape index (κ3) is 1.72. The normalized spacial score (nSPS) is 24.3. The fourth-order valence-corrected chi connectivity index (χ4v) is 3.61. The number of hydrogen-bond donors (Lipinski definition) is 2. The summed E-state index contributed by atoms with van der Waals surface area (Å²) in [5, 5.41) is 3.27. The second-order valence-electron chi connectivity index (χ2n) is 5.87. The van der Waals surface area contributed by atoms with Crippen molar-refractivity contribution in [3.05, 3.63) is 33.8 Å². The number of nitrogens with two attached hydrogens (primary N) is 1. The van der Waals surface area contributed by atoms with Crippen molar-refractivity contribution in [3.63, 3.8) is 0 Å². The number of carbonyl (C=O) groups is 3. The van der Waals surface area contributed by atoms with Crippen molar-refractivity contribution in [2.75, 3.05) is 7.11 Å². The van der Waals surface area contributed by atoms with Gasteiger partial charge in [0.25, 0.3) is 0 Å². The predicted octanol–water partition coefficient (Wildman–Crippen LogP) is 0.409. The Morgan fingerprint density at radius 2 is 2.13 bits per heavy atom. The quantitative estimate of drug-likeness (QED) is 0.778. The maximum absolute atomic E-state index is 12.8. The van der Waals surface area contributed by atoms with E-state index in [1.165, 1.54) is 7.11 Å². The molecule has 120 valence electrons. The molecule has 0 spiro atoms. The van der Waals surface area contributed by atoms with Crippen LogP contribution in [0.2, 0.25) is 0 Å². The average Bonchev–Trinajstić information content (AvgIpc) is 3.04. The summed E-state index contributed by atoms with van der Waals surface area (Å²) in [5.74, 6) is -0.557. The molecule has 23 heavy (non-hydrogen) atoms. The fourth-order valence-electron chi connectivity index (χ4n) is 3.61. The van der Waals surface area contributed by atoms with E-state index >= 15 is 0 Å². The minimum absolute atomic E-state index is 0.0346. The fraction of sp³-hybridized carbons (Fsp3) is 0.400. The Bertz CT molecular complexity index is 820. The highest BCUT2D eigenvalue weighted by Gasteiger charge is 2.52. The molecule has 1 aromatic rings. The van der Waals surface area contributed by atoms with Gasteiger partial charge >= 0.3 is 6.09 Å². The van der Waals surface area contributed by atoms with Gasteiger partial charge in [0.1, 0.15) is 12.3 Å². The van der Waals surface area contributed by atoms with Gasteiger partial charge in [-0.3, -0.25) is 9.59 Å². The molecule has 0 radical (unpaired) electrons. The second kappa shape index (κ2) is 4.45. The molecule has 3 N–H and O–H groups in total. The molecular weight excluding hydrogens is 302 g/mol. The molecule has 1 amide bonds. The third-order valence-electron chi connectivity index (χ3n) is 4.66. The SMILES string of the molecule is COC1=C(C)C(=O)c2c(c(COC(N)=O)c3n2C[C@@H]2N[C@H]32)C1=O. The minimum Gasteiger partial charge on any atom is -0.492 e. The molecule has 2 aliphatic heterocycles. The Morgan fingerprint density at radius 3 is 2.78 bits per heavy atom. The van der Waals surface area contributed by atoms with E-state index in [1.807, 2.05) is 4.57 Å². The van der Waals surface area contributed by atoms with E-state index in [0.717, 1.165) is 5.69 Å². The van der Waals surface area contributed by atoms with Crippen LogP contribution in [0.25, 0.3) is 0 Å². The molecule has 1 saturated heterocycles. The van der Waals surface area contributed by atoms with Crippen LogP contribution in [-0.4, -0.2) is 35.4 Å². The monoisotopic (exact) mass is 317 g/mol. The van der Waals surface area contributed by atoms with Gasteiger partial charge in [-0.15, -0.1) is 0 Å². The Hall–Kier alpha value is -2.61. The zero-order valence-electron chi connectivity index (χ0n) is 12.6. The number of ketones is 2. The van der Waals surface area contributed by atoms with E-state index in [4.69, 9.17) is 15.2 Å². The number of carbonyl (C=O) groups excluding carboxylic acids is 3. The van der Waals surface area contributed by atoms with Crippen LogP contribution in [0.15, 0.2) is 11.3 Å². The number of ether oxygens (including phenoxy) is 2. The molecule has 3 aliphatic rings. The van der Waals surface area contributed by atoms with Crippen LogP contribution in [-0.2, 0) is 22.6 Å². The van der Waals surface area contributed by atoms with Crippen molar-refractivity contribution in [1.82, 2.24) is 9.88 Å². The summed E-state index contributed by atoms with van der Waals surface area (Å²) in [6.07, 6.45) is -0.926. The number of nitrogens with zero attached hydrogens (tertiary/aromatic N) is 1. The summed E-state index contributed by atoms with van der Waals surface area (Å²) in [7, 11) is 1.36. The Kier molecular flexibility index (Phi) is 2.71. The van der Waals surface area contributed by atoms with Gasteiger partial charge in [-0.25, -0.2) is 4.79 Å². The van der Waals surface area contributed by atoms with E-state index in [2.05, 4.69) is 5.32 Å². The van der Waals surface area contributed by atoms with Crippen molar-refractivity contribution in [2.45, 2.75) is 32.2 Å². The number of rotatable bonds is 3. The summed E-state index contributed by atoms with van der Waals surface area (Å²) < 4.78 is 11.9. The summed E-state index contributed by atoms with van der Waals surface area (Å²) in [4.78, 5) is 36.4. The third-order valence-corrected chi connectivity index (χ3v) is 4.66. The molecule has 2 atom stereocenters. The molecule has 0 saturated carbocycles. The Morgan fingerprint density at radius 1 is 1.39 bits per heavy atom. The van der Waals surface area contributed by atoms with Gasteiger partial charge < -0.3 is 25.1 Å². The molecule has 0 aromatic carbocycles. The smallest absolute Gasteiger partial charge is 0.404 e.